The number of halogens is 4. The van der Waals surface area contributed by atoms with Crippen molar-refractivity contribution in [3.05, 3.63) is 35.9 Å². The average molecular weight is 355 g/mol. The van der Waals surface area contributed by atoms with Crippen molar-refractivity contribution >= 4 is 18.3 Å². The minimum absolute atomic E-state index is 0. The van der Waals surface area contributed by atoms with Crippen molar-refractivity contribution < 1.29 is 27.8 Å². The van der Waals surface area contributed by atoms with Crippen molar-refractivity contribution in [3.8, 4) is 0 Å². The molecule has 0 radical (unpaired) electrons. The van der Waals surface area contributed by atoms with Gasteiger partial charge in [0.05, 0.1) is 13.2 Å². The molecule has 0 saturated carbocycles. The van der Waals surface area contributed by atoms with E-state index in [0.29, 0.717) is 13.2 Å². The highest BCUT2D eigenvalue weighted by atomic mass is 35.5. The molecule has 1 heterocycles. The van der Waals surface area contributed by atoms with E-state index in [1.807, 2.05) is 0 Å². The largest absolute Gasteiger partial charge is 0.423 e. The molecule has 1 aliphatic rings. The fourth-order valence-electron chi connectivity index (χ4n) is 2.14. The number of carbonyl (C=O) groups is 1. The summed E-state index contributed by atoms with van der Waals surface area (Å²) in [5.74, 6) is -0.689. The van der Waals surface area contributed by atoms with Crippen molar-refractivity contribution in [2.45, 2.75) is 17.9 Å². The first-order valence-electron chi connectivity index (χ1n) is 6.79. The van der Waals surface area contributed by atoms with Crippen LogP contribution in [0.25, 0.3) is 0 Å². The third-order valence-corrected chi connectivity index (χ3v) is 3.46. The van der Waals surface area contributed by atoms with Crippen LogP contribution in [0.3, 0.4) is 0 Å². The number of hydrogen-bond donors (Lipinski definition) is 3. The highest BCUT2D eigenvalue weighted by Gasteiger charge is 2.55. The van der Waals surface area contributed by atoms with Crippen molar-refractivity contribution in [3.63, 3.8) is 0 Å². The second kappa shape index (κ2) is 7.96. The van der Waals surface area contributed by atoms with Crippen LogP contribution in [0, 0.1) is 0 Å². The van der Waals surface area contributed by atoms with Gasteiger partial charge in [-0.1, -0.05) is 30.3 Å². The Morgan fingerprint density at radius 3 is 2.52 bits per heavy atom. The molecule has 2 unspecified atom stereocenters. The topological polar surface area (TPSA) is 70.6 Å². The van der Waals surface area contributed by atoms with Gasteiger partial charge in [-0.25, -0.2) is 0 Å². The van der Waals surface area contributed by atoms with Crippen LogP contribution >= 0.6 is 12.4 Å². The number of carbonyl (C=O) groups excluding carboxylic acids is 1. The maximum Gasteiger partial charge on any atom is 0.423 e. The van der Waals surface area contributed by atoms with Crippen molar-refractivity contribution in [2.75, 3.05) is 26.2 Å². The summed E-state index contributed by atoms with van der Waals surface area (Å²) in [7, 11) is 0. The van der Waals surface area contributed by atoms with E-state index in [4.69, 9.17) is 4.74 Å². The van der Waals surface area contributed by atoms with Crippen molar-refractivity contribution in [2.24, 2.45) is 0 Å². The molecule has 9 heteroatoms. The Labute approximate surface area is 137 Å². The summed E-state index contributed by atoms with van der Waals surface area (Å²) in [6, 6.07) is 6.65. The van der Waals surface area contributed by atoms with Gasteiger partial charge in [-0.15, -0.1) is 12.4 Å². The lowest BCUT2D eigenvalue weighted by molar-refractivity contribution is -0.264. The lowest BCUT2D eigenvalue weighted by Crippen LogP contribution is -2.54. The lowest BCUT2D eigenvalue weighted by Gasteiger charge is -2.32. The summed E-state index contributed by atoms with van der Waals surface area (Å²) < 4.78 is 44.9. The molecule has 0 bridgehead atoms. The molecule has 0 spiro atoms. The second-order valence-electron chi connectivity index (χ2n) is 5.01. The maximum atomic E-state index is 13.2. The van der Waals surface area contributed by atoms with Crippen LogP contribution < -0.4 is 10.6 Å². The van der Waals surface area contributed by atoms with Gasteiger partial charge in [0.15, 0.2) is 0 Å². The second-order valence-corrected chi connectivity index (χ2v) is 5.01. The zero-order valence-electron chi connectivity index (χ0n) is 12.1. The molecule has 1 amide bonds. The Hall–Kier alpha value is -1.35. The number of ether oxygens (including phenoxy) is 1. The van der Waals surface area contributed by atoms with Crippen LogP contribution in [0.4, 0.5) is 13.2 Å². The quantitative estimate of drug-likeness (QED) is 0.753. The maximum absolute atomic E-state index is 13.2. The summed E-state index contributed by atoms with van der Waals surface area (Å²) >= 11 is 0. The molecule has 1 fully saturated rings. The van der Waals surface area contributed by atoms with E-state index < -0.39 is 30.3 Å². The lowest BCUT2D eigenvalue weighted by atomic mass is 9.93. The Morgan fingerprint density at radius 2 is 2.00 bits per heavy atom. The van der Waals surface area contributed by atoms with Crippen LogP contribution in [0.1, 0.15) is 5.56 Å². The molecule has 5 nitrogen and oxygen atoms in total. The van der Waals surface area contributed by atoms with Gasteiger partial charge in [0.2, 0.25) is 5.60 Å². The van der Waals surface area contributed by atoms with Crippen LogP contribution in [-0.2, 0) is 15.1 Å². The Bertz CT molecular complexity index is 510. The highest BCUT2D eigenvalue weighted by Crippen LogP contribution is 2.38. The van der Waals surface area contributed by atoms with Crippen molar-refractivity contribution in [1.82, 2.24) is 10.6 Å². The van der Waals surface area contributed by atoms with E-state index in [0.717, 1.165) is 12.1 Å². The molecule has 3 N–H and O–H groups in total. The third-order valence-electron chi connectivity index (χ3n) is 3.46. The number of benzene rings is 1. The van der Waals surface area contributed by atoms with Gasteiger partial charge in [0.1, 0.15) is 6.10 Å². The number of rotatable bonds is 4. The van der Waals surface area contributed by atoms with Gasteiger partial charge in [-0.05, 0) is 5.56 Å². The molecule has 1 saturated heterocycles. The zero-order valence-corrected chi connectivity index (χ0v) is 12.9. The molecule has 2 rings (SSSR count). The molecule has 0 aliphatic carbocycles. The fourth-order valence-corrected chi connectivity index (χ4v) is 2.14. The van der Waals surface area contributed by atoms with E-state index in [1.165, 1.54) is 12.1 Å². The third kappa shape index (κ3) is 4.57. The molecule has 1 aromatic carbocycles. The summed E-state index contributed by atoms with van der Waals surface area (Å²) in [5, 5.41) is 15.1. The van der Waals surface area contributed by atoms with Gasteiger partial charge in [-0.2, -0.15) is 13.2 Å². The number of amides is 1. The minimum Gasteiger partial charge on any atom is -0.375 e. The summed E-state index contributed by atoms with van der Waals surface area (Å²) in [6.45, 7) is 0.140. The average Bonchev–Trinajstić information content (AvgIpc) is 2.53. The van der Waals surface area contributed by atoms with E-state index in [9.17, 15) is 23.1 Å². The molecule has 0 aromatic heterocycles. The van der Waals surface area contributed by atoms with Crippen LogP contribution in [-0.4, -0.2) is 49.5 Å². The Morgan fingerprint density at radius 1 is 1.35 bits per heavy atom. The van der Waals surface area contributed by atoms with E-state index in [1.54, 1.807) is 6.07 Å². The predicted molar refractivity (Wildman–Crippen MR) is 79.3 cm³/mol. The molecule has 1 aromatic rings. The first kappa shape index (κ1) is 19.7. The predicted octanol–water partition coefficient (Wildman–Crippen LogP) is 0.963. The summed E-state index contributed by atoms with van der Waals surface area (Å²) in [4.78, 5) is 11.8. The fraction of sp³-hybridized carbons (Fsp3) is 0.500. The van der Waals surface area contributed by atoms with Gasteiger partial charge in [0.25, 0.3) is 5.91 Å². The van der Waals surface area contributed by atoms with Crippen LogP contribution in [0.2, 0.25) is 0 Å². The van der Waals surface area contributed by atoms with Gasteiger partial charge < -0.3 is 20.5 Å². The Kier molecular flexibility index (Phi) is 6.82. The highest BCUT2D eigenvalue weighted by molar-refractivity contribution is 5.85. The Balaban J connectivity index is 0.00000264. The van der Waals surface area contributed by atoms with Crippen LogP contribution in [0.5, 0.6) is 0 Å². The summed E-state index contributed by atoms with van der Waals surface area (Å²) in [6.07, 6.45) is -5.78. The number of aliphatic hydroxyl groups is 1. The number of nitrogens with one attached hydrogen (secondary N) is 2. The standard InChI is InChI=1S/C14H17F3N2O3.ClH/c15-14(16,17)13(21,10-4-2-1-3-5-10)9-19-12(20)11-8-18-6-7-22-11;/h1-5,11,18,21H,6-9H2,(H,19,20);1H. The monoisotopic (exact) mass is 354 g/mol. The first-order valence-corrected chi connectivity index (χ1v) is 6.79. The van der Waals surface area contributed by atoms with Gasteiger partial charge in [0, 0.05) is 13.1 Å². The van der Waals surface area contributed by atoms with E-state index in [2.05, 4.69) is 10.6 Å². The van der Waals surface area contributed by atoms with E-state index in [-0.39, 0.29) is 24.5 Å². The molecular formula is C14H18ClF3N2O3. The first-order chi connectivity index (χ1) is 10.3. The SMILES string of the molecule is Cl.O=C(NCC(O)(c1ccccc1)C(F)(F)F)C1CNCCO1. The smallest absolute Gasteiger partial charge is 0.375 e. The zero-order chi connectivity index (χ0) is 16.2. The number of hydrogen-bond acceptors (Lipinski definition) is 4. The number of alkyl halides is 3. The van der Waals surface area contributed by atoms with Gasteiger partial charge in [-0.3, -0.25) is 4.79 Å². The molecule has 2 atom stereocenters. The van der Waals surface area contributed by atoms with Crippen molar-refractivity contribution in [1.29, 1.82) is 0 Å². The van der Waals surface area contributed by atoms with Gasteiger partial charge >= 0.3 is 6.18 Å². The molecule has 23 heavy (non-hydrogen) atoms. The molecule has 130 valence electrons. The minimum atomic E-state index is -4.92. The van der Waals surface area contributed by atoms with E-state index >= 15 is 0 Å². The molecular weight excluding hydrogens is 337 g/mol. The molecule has 1 aliphatic heterocycles. The van der Waals surface area contributed by atoms with Crippen LogP contribution in [0.15, 0.2) is 30.3 Å². The number of morpholine rings is 1. The summed E-state index contributed by atoms with van der Waals surface area (Å²) in [5.41, 5.74) is -3.48. The normalized spacial score (nSPS) is 21.0.